The van der Waals surface area contributed by atoms with Crippen LogP contribution in [0.1, 0.15) is 44.4 Å². The molecule has 0 saturated carbocycles. The lowest BCUT2D eigenvalue weighted by Crippen LogP contribution is -2.35. The van der Waals surface area contributed by atoms with Gasteiger partial charge >= 0.3 is 12.3 Å². The molecule has 0 aromatic heterocycles. The number of alkyl halides is 3. The molecule has 0 fully saturated rings. The van der Waals surface area contributed by atoms with Crippen molar-refractivity contribution >= 4 is 25.8 Å². The van der Waals surface area contributed by atoms with Crippen molar-refractivity contribution in [3.05, 3.63) is 35.4 Å². The van der Waals surface area contributed by atoms with Crippen LogP contribution >= 0.6 is 10.7 Å². The smallest absolute Gasteiger partial charge is 0.416 e. The van der Waals surface area contributed by atoms with Gasteiger partial charge in [0.2, 0.25) is 9.05 Å². The Morgan fingerprint density at radius 1 is 1.28 bits per heavy atom. The molecule has 0 aliphatic heterocycles. The number of ether oxygens (including phenoxy) is 1. The van der Waals surface area contributed by atoms with Crippen LogP contribution in [-0.4, -0.2) is 25.9 Å². The molecule has 0 aliphatic carbocycles. The Hall–Kier alpha value is -1.48. The molecule has 25 heavy (non-hydrogen) atoms. The number of carbonyl (C=O) groups is 1. The number of halogens is 4. The van der Waals surface area contributed by atoms with E-state index in [-0.39, 0.29) is 12.0 Å². The first-order chi connectivity index (χ1) is 11.2. The highest BCUT2D eigenvalue weighted by Crippen LogP contribution is 2.31. The lowest BCUT2D eigenvalue weighted by molar-refractivity contribution is -0.137. The van der Waals surface area contributed by atoms with Crippen LogP contribution in [-0.2, 0) is 20.0 Å². The molecule has 1 N–H and O–H groups in total. The molecule has 1 aromatic carbocycles. The minimum absolute atomic E-state index is 0.0981. The molecule has 1 rings (SSSR count). The Bertz CT molecular complexity index is 714. The lowest BCUT2D eigenvalue weighted by Gasteiger charge is -2.24. The molecule has 1 aromatic rings. The third-order valence-electron chi connectivity index (χ3n) is 2.96. The van der Waals surface area contributed by atoms with E-state index in [1.165, 1.54) is 12.1 Å². The quantitative estimate of drug-likeness (QED) is 0.749. The minimum atomic E-state index is -4.56. The van der Waals surface area contributed by atoms with E-state index in [4.69, 9.17) is 15.4 Å². The van der Waals surface area contributed by atoms with Crippen LogP contribution in [0.15, 0.2) is 24.3 Å². The Kier molecular flexibility index (Phi) is 6.74. The van der Waals surface area contributed by atoms with Gasteiger partial charge in [-0.3, -0.25) is 0 Å². The lowest BCUT2D eigenvalue weighted by atomic mass is 10.0. The fourth-order valence-corrected chi connectivity index (χ4v) is 2.75. The van der Waals surface area contributed by atoms with Gasteiger partial charge in [0.05, 0.1) is 17.4 Å². The summed E-state index contributed by atoms with van der Waals surface area (Å²) in [6, 6.07) is 3.26. The highest BCUT2D eigenvalue weighted by molar-refractivity contribution is 8.13. The van der Waals surface area contributed by atoms with E-state index >= 15 is 0 Å². The third-order valence-corrected chi connectivity index (χ3v) is 4.14. The average molecular weight is 402 g/mol. The number of amides is 1. The molecular formula is C15H19ClF3NO4S. The molecule has 0 radical (unpaired) electrons. The molecule has 0 heterocycles. The summed E-state index contributed by atoms with van der Waals surface area (Å²) in [6.07, 6.45) is -5.64. The molecule has 1 unspecified atom stereocenters. The number of nitrogens with one attached hydrogen (secondary N) is 1. The number of alkyl carbamates (subject to hydrolysis) is 1. The third kappa shape index (κ3) is 8.44. The molecule has 1 atom stereocenters. The maximum atomic E-state index is 12.9. The van der Waals surface area contributed by atoms with Crippen LogP contribution in [0.2, 0.25) is 0 Å². The van der Waals surface area contributed by atoms with Gasteiger partial charge in [-0.2, -0.15) is 13.2 Å². The zero-order valence-corrected chi connectivity index (χ0v) is 15.4. The summed E-state index contributed by atoms with van der Waals surface area (Å²) in [6.45, 7) is 4.86. The van der Waals surface area contributed by atoms with E-state index in [1.807, 2.05) is 0 Å². The zero-order valence-electron chi connectivity index (χ0n) is 13.9. The standard InChI is InChI=1S/C15H19ClF3NO4S/c1-14(2,3)24-13(21)20-12(7-8-25(16,22)23)10-5-4-6-11(9-10)15(17,18)19/h4-6,9,12H,7-8H2,1-3H3,(H,20,21). The highest BCUT2D eigenvalue weighted by atomic mass is 35.7. The van der Waals surface area contributed by atoms with Crippen LogP contribution < -0.4 is 5.32 Å². The van der Waals surface area contributed by atoms with Crippen LogP contribution in [0.5, 0.6) is 0 Å². The predicted molar refractivity (Wildman–Crippen MR) is 87.8 cm³/mol. The number of hydrogen-bond donors (Lipinski definition) is 1. The van der Waals surface area contributed by atoms with E-state index < -0.39 is 44.3 Å². The van der Waals surface area contributed by atoms with Crippen LogP contribution in [0.4, 0.5) is 18.0 Å². The Morgan fingerprint density at radius 3 is 2.36 bits per heavy atom. The SMILES string of the molecule is CC(C)(C)OC(=O)NC(CCS(=O)(=O)Cl)c1cccc(C(F)(F)F)c1. The van der Waals surface area contributed by atoms with Gasteiger partial charge in [0.25, 0.3) is 0 Å². The first kappa shape index (κ1) is 21.6. The molecular weight excluding hydrogens is 383 g/mol. The summed E-state index contributed by atoms with van der Waals surface area (Å²) < 4.78 is 65.9. The molecule has 10 heteroatoms. The second-order valence-corrected chi connectivity index (χ2v) is 9.25. The normalized spacial score (nSPS) is 14.0. The van der Waals surface area contributed by atoms with Gasteiger partial charge in [0.15, 0.2) is 0 Å². The van der Waals surface area contributed by atoms with Gasteiger partial charge in [-0.15, -0.1) is 0 Å². The molecule has 5 nitrogen and oxygen atoms in total. The fraction of sp³-hybridized carbons (Fsp3) is 0.533. The number of carbonyl (C=O) groups excluding carboxylic acids is 1. The fourth-order valence-electron chi connectivity index (χ4n) is 1.96. The zero-order chi connectivity index (χ0) is 19.5. The van der Waals surface area contributed by atoms with Gasteiger partial charge in [-0.1, -0.05) is 12.1 Å². The minimum Gasteiger partial charge on any atom is -0.444 e. The summed E-state index contributed by atoms with van der Waals surface area (Å²) in [5.74, 6) is -0.523. The van der Waals surface area contributed by atoms with Crippen molar-refractivity contribution in [2.24, 2.45) is 0 Å². The van der Waals surface area contributed by atoms with Crippen LogP contribution in [0.3, 0.4) is 0 Å². The van der Waals surface area contributed by atoms with Crippen molar-refractivity contribution in [3.63, 3.8) is 0 Å². The molecule has 0 saturated heterocycles. The van der Waals surface area contributed by atoms with E-state index in [2.05, 4.69) is 5.32 Å². The van der Waals surface area contributed by atoms with Crippen molar-refractivity contribution in [3.8, 4) is 0 Å². The van der Waals surface area contributed by atoms with Crippen molar-refractivity contribution in [1.82, 2.24) is 5.32 Å². The Morgan fingerprint density at radius 2 is 1.88 bits per heavy atom. The second-order valence-electron chi connectivity index (χ2n) is 6.35. The van der Waals surface area contributed by atoms with Crippen LogP contribution in [0, 0.1) is 0 Å². The van der Waals surface area contributed by atoms with Gasteiger partial charge in [-0.25, -0.2) is 13.2 Å². The summed E-state index contributed by atoms with van der Waals surface area (Å²) in [5, 5.41) is 2.39. The molecule has 142 valence electrons. The van der Waals surface area contributed by atoms with Crippen molar-refractivity contribution in [1.29, 1.82) is 0 Å². The first-order valence-corrected chi connectivity index (χ1v) is 9.74. The largest absolute Gasteiger partial charge is 0.444 e. The van der Waals surface area contributed by atoms with Gasteiger partial charge in [-0.05, 0) is 44.9 Å². The number of benzene rings is 1. The van der Waals surface area contributed by atoms with Crippen LogP contribution in [0.25, 0.3) is 0 Å². The molecule has 0 spiro atoms. The number of hydrogen-bond acceptors (Lipinski definition) is 4. The molecule has 0 aliphatic rings. The average Bonchev–Trinajstić information content (AvgIpc) is 2.39. The molecule has 1 amide bonds. The van der Waals surface area contributed by atoms with E-state index in [1.54, 1.807) is 20.8 Å². The highest BCUT2D eigenvalue weighted by Gasteiger charge is 2.31. The number of rotatable bonds is 5. The maximum absolute atomic E-state index is 12.9. The maximum Gasteiger partial charge on any atom is 0.416 e. The summed E-state index contributed by atoms with van der Waals surface area (Å²) in [5.41, 5.74) is -1.63. The Balaban J connectivity index is 3.08. The summed E-state index contributed by atoms with van der Waals surface area (Å²) >= 11 is 0. The van der Waals surface area contributed by atoms with E-state index in [0.29, 0.717) is 0 Å². The van der Waals surface area contributed by atoms with Crippen molar-refractivity contribution in [2.75, 3.05) is 5.75 Å². The Labute approximate surface area is 148 Å². The second kappa shape index (κ2) is 7.82. The summed E-state index contributed by atoms with van der Waals surface area (Å²) in [4.78, 5) is 11.9. The first-order valence-electron chi connectivity index (χ1n) is 7.26. The van der Waals surface area contributed by atoms with Gasteiger partial charge in [0.1, 0.15) is 5.60 Å². The van der Waals surface area contributed by atoms with E-state index in [9.17, 15) is 26.4 Å². The molecule has 0 bridgehead atoms. The van der Waals surface area contributed by atoms with Gasteiger partial charge < -0.3 is 10.1 Å². The van der Waals surface area contributed by atoms with E-state index in [0.717, 1.165) is 12.1 Å². The van der Waals surface area contributed by atoms with Gasteiger partial charge in [0, 0.05) is 10.7 Å². The van der Waals surface area contributed by atoms with Crippen molar-refractivity contribution in [2.45, 2.75) is 45.0 Å². The predicted octanol–water partition coefficient (Wildman–Crippen LogP) is 4.23. The summed E-state index contributed by atoms with van der Waals surface area (Å²) in [7, 11) is 1.28. The topological polar surface area (TPSA) is 72.5 Å². The monoisotopic (exact) mass is 401 g/mol. The van der Waals surface area contributed by atoms with Crippen molar-refractivity contribution < 1.29 is 31.1 Å².